The molecule has 0 aliphatic carbocycles. The molecule has 2 aromatic heterocycles. The van der Waals surface area contributed by atoms with Gasteiger partial charge in [-0.3, -0.25) is 4.98 Å². The Morgan fingerprint density at radius 3 is 2.65 bits per heavy atom. The Kier molecular flexibility index (Phi) is 3.92. The van der Waals surface area contributed by atoms with E-state index in [9.17, 15) is 9.65 Å². The Hall–Kier alpha value is -3.92. The minimum atomic E-state index is -0.457. The summed E-state index contributed by atoms with van der Waals surface area (Å²) in [7, 11) is 0. The summed E-state index contributed by atoms with van der Waals surface area (Å²) in [5.74, 6) is -0.115. The topological polar surface area (TPSA) is 80.3 Å². The third kappa shape index (κ3) is 2.91. The molecule has 26 heavy (non-hydrogen) atoms. The smallest absolute Gasteiger partial charge is 0.223 e. The van der Waals surface area contributed by atoms with Crippen LogP contribution in [0.3, 0.4) is 0 Å². The zero-order chi connectivity index (χ0) is 17.9. The largest absolute Gasteiger partial charge is 0.253 e. The van der Waals surface area contributed by atoms with Gasteiger partial charge in [0, 0.05) is 12.3 Å². The first-order chi connectivity index (χ1) is 12.7. The first-order valence-electron chi connectivity index (χ1n) is 7.76. The average Bonchev–Trinajstić information content (AvgIpc) is 3.18. The highest BCUT2D eigenvalue weighted by atomic mass is 19.1. The molecule has 4 aromatic rings. The number of nitrogens with zero attached hydrogens (tertiary/aromatic N) is 6. The second-order valence-corrected chi connectivity index (χ2v) is 5.47. The number of hydrogen-bond acceptors (Lipinski definition) is 5. The minimum absolute atomic E-state index is 0.342. The van der Waals surface area contributed by atoms with Crippen LogP contribution in [-0.2, 0) is 0 Å². The van der Waals surface area contributed by atoms with Crippen molar-refractivity contribution in [1.29, 1.82) is 5.26 Å². The van der Waals surface area contributed by atoms with Gasteiger partial charge in [0.05, 0.1) is 17.3 Å². The van der Waals surface area contributed by atoms with Crippen LogP contribution in [0.25, 0.3) is 28.3 Å². The molecular weight excluding hydrogens is 331 g/mol. The number of pyridine rings is 1. The maximum absolute atomic E-state index is 14.2. The normalized spacial score (nSPS) is 10.5. The molecule has 0 fully saturated rings. The van der Waals surface area contributed by atoms with Gasteiger partial charge < -0.3 is 0 Å². The summed E-state index contributed by atoms with van der Waals surface area (Å²) >= 11 is 0. The van der Waals surface area contributed by atoms with Crippen molar-refractivity contribution >= 4 is 0 Å². The highest BCUT2D eigenvalue weighted by Gasteiger charge is 2.12. The van der Waals surface area contributed by atoms with Crippen molar-refractivity contribution in [3.8, 4) is 34.4 Å². The van der Waals surface area contributed by atoms with Gasteiger partial charge in [0.1, 0.15) is 11.5 Å². The van der Waals surface area contributed by atoms with Crippen LogP contribution < -0.4 is 0 Å². The summed E-state index contributed by atoms with van der Waals surface area (Å²) in [5.41, 5.74) is 2.65. The van der Waals surface area contributed by atoms with Crippen LogP contribution in [0.15, 0.2) is 66.9 Å². The molecule has 0 aliphatic heterocycles. The molecule has 0 unspecified atom stereocenters. The molecule has 124 valence electrons. The third-order valence-corrected chi connectivity index (χ3v) is 3.78. The van der Waals surface area contributed by atoms with Gasteiger partial charge in [-0.15, -0.1) is 15.0 Å². The van der Waals surface area contributed by atoms with Crippen molar-refractivity contribution in [2.75, 3.05) is 0 Å². The maximum Gasteiger partial charge on any atom is 0.223 e. The van der Waals surface area contributed by atoms with E-state index in [2.05, 4.69) is 26.5 Å². The van der Waals surface area contributed by atoms with E-state index >= 15 is 0 Å². The average molecular weight is 342 g/mol. The molecule has 2 aromatic carbocycles. The molecule has 0 spiro atoms. The standard InChI is InChI=1S/C19H11FN6/c20-15-9-14(17-6-2-1-5-13(17)12-21)10-16(11-15)26-24-19(23-25-26)18-7-3-4-8-22-18/h1-11H. The van der Waals surface area contributed by atoms with Gasteiger partial charge in [0.25, 0.3) is 0 Å². The fourth-order valence-corrected chi connectivity index (χ4v) is 2.60. The predicted octanol–water partition coefficient (Wildman–Crippen LogP) is 3.40. The van der Waals surface area contributed by atoms with Crippen molar-refractivity contribution in [2.24, 2.45) is 0 Å². The molecule has 0 N–H and O–H groups in total. The molecule has 0 atom stereocenters. The lowest BCUT2D eigenvalue weighted by Crippen LogP contribution is -2.00. The SMILES string of the molecule is N#Cc1ccccc1-c1cc(F)cc(-n2nnc(-c3ccccn3)n2)c1. The highest BCUT2D eigenvalue weighted by Crippen LogP contribution is 2.26. The number of aromatic nitrogens is 5. The summed E-state index contributed by atoms with van der Waals surface area (Å²) in [4.78, 5) is 5.41. The summed E-state index contributed by atoms with van der Waals surface area (Å²) in [6.45, 7) is 0. The zero-order valence-electron chi connectivity index (χ0n) is 13.4. The quantitative estimate of drug-likeness (QED) is 0.570. The van der Waals surface area contributed by atoms with Gasteiger partial charge in [0.15, 0.2) is 0 Å². The summed E-state index contributed by atoms with van der Waals surface area (Å²) in [6.07, 6.45) is 1.63. The van der Waals surface area contributed by atoms with Crippen LogP contribution in [0.1, 0.15) is 5.56 Å². The van der Waals surface area contributed by atoms with E-state index in [0.717, 1.165) is 0 Å². The highest BCUT2D eigenvalue weighted by molar-refractivity contribution is 5.72. The van der Waals surface area contributed by atoms with E-state index in [4.69, 9.17) is 0 Å². The van der Waals surface area contributed by atoms with Crippen molar-refractivity contribution in [3.05, 3.63) is 78.2 Å². The Morgan fingerprint density at radius 2 is 1.85 bits per heavy atom. The van der Waals surface area contributed by atoms with Crippen LogP contribution in [0, 0.1) is 17.1 Å². The number of tetrazole rings is 1. The first kappa shape index (κ1) is 15.6. The molecule has 6 nitrogen and oxygen atoms in total. The third-order valence-electron chi connectivity index (χ3n) is 3.78. The van der Waals surface area contributed by atoms with E-state index in [-0.39, 0.29) is 0 Å². The zero-order valence-corrected chi connectivity index (χ0v) is 13.4. The lowest BCUT2D eigenvalue weighted by molar-refractivity contribution is 0.621. The number of halogens is 1. The van der Waals surface area contributed by atoms with Crippen LogP contribution in [0.4, 0.5) is 4.39 Å². The maximum atomic E-state index is 14.2. The van der Waals surface area contributed by atoms with Crippen LogP contribution >= 0.6 is 0 Å². The summed E-state index contributed by atoms with van der Waals surface area (Å²) in [5, 5.41) is 21.5. The van der Waals surface area contributed by atoms with Gasteiger partial charge in [-0.1, -0.05) is 24.3 Å². The molecule has 7 heteroatoms. The molecule has 0 bridgehead atoms. The number of rotatable bonds is 3. The number of benzene rings is 2. The van der Waals surface area contributed by atoms with E-state index in [1.165, 1.54) is 16.9 Å². The molecule has 0 aliphatic rings. The number of hydrogen-bond donors (Lipinski definition) is 0. The lowest BCUT2D eigenvalue weighted by atomic mass is 10.00. The van der Waals surface area contributed by atoms with Crippen LogP contribution in [-0.4, -0.2) is 25.2 Å². The van der Waals surface area contributed by atoms with Crippen LogP contribution in [0.5, 0.6) is 0 Å². The van der Waals surface area contributed by atoms with Crippen molar-refractivity contribution in [3.63, 3.8) is 0 Å². The molecule has 4 rings (SSSR count). The molecule has 2 heterocycles. The Bertz CT molecular complexity index is 1110. The monoisotopic (exact) mass is 342 g/mol. The fourth-order valence-electron chi connectivity index (χ4n) is 2.60. The van der Waals surface area contributed by atoms with E-state index < -0.39 is 5.82 Å². The molecular formula is C19H11FN6. The number of nitriles is 1. The lowest BCUT2D eigenvalue weighted by Gasteiger charge is -2.07. The Balaban J connectivity index is 1.78. The predicted molar refractivity (Wildman–Crippen MR) is 92.5 cm³/mol. The van der Waals surface area contributed by atoms with Gasteiger partial charge in [0.2, 0.25) is 5.82 Å². The fraction of sp³-hybridized carbons (Fsp3) is 0. The molecule has 0 amide bonds. The molecule has 0 radical (unpaired) electrons. The minimum Gasteiger partial charge on any atom is -0.253 e. The van der Waals surface area contributed by atoms with E-state index in [1.54, 1.807) is 48.7 Å². The van der Waals surface area contributed by atoms with Gasteiger partial charge in [-0.25, -0.2) is 4.39 Å². The van der Waals surface area contributed by atoms with Gasteiger partial charge >= 0.3 is 0 Å². The summed E-state index contributed by atoms with van der Waals surface area (Å²) in [6, 6.07) is 18.9. The van der Waals surface area contributed by atoms with Crippen molar-refractivity contribution in [1.82, 2.24) is 25.2 Å². The van der Waals surface area contributed by atoms with E-state index in [1.807, 2.05) is 6.07 Å². The molecule has 0 saturated carbocycles. The van der Waals surface area contributed by atoms with Gasteiger partial charge in [-0.05, 0) is 46.7 Å². The second-order valence-electron chi connectivity index (χ2n) is 5.47. The van der Waals surface area contributed by atoms with E-state index in [0.29, 0.717) is 33.9 Å². The van der Waals surface area contributed by atoms with Crippen LogP contribution in [0.2, 0.25) is 0 Å². The Labute approximate surface area is 148 Å². The van der Waals surface area contributed by atoms with Crippen molar-refractivity contribution < 1.29 is 4.39 Å². The first-order valence-corrected chi connectivity index (χ1v) is 7.76. The van der Waals surface area contributed by atoms with Crippen molar-refractivity contribution in [2.45, 2.75) is 0 Å². The summed E-state index contributed by atoms with van der Waals surface area (Å²) < 4.78 is 14.2. The molecule has 0 saturated heterocycles. The Morgan fingerprint density at radius 1 is 1.00 bits per heavy atom. The second kappa shape index (κ2) is 6.53. The van der Waals surface area contributed by atoms with Gasteiger partial charge in [-0.2, -0.15) is 5.26 Å².